The molecule has 1 atom stereocenters. The smallest absolute Gasteiger partial charge is 0.224 e. The number of nitrogens with one attached hydrogen (secondary N) is 1. The fourth-order valence-corrected chi connectivity index (χ4v) is 2.65. The first-order valence-corrected chi connectivity index (χ1v) is 8.05. The van der Waals surface area contributed by atoms with Crippen LogP contribution in [-0.4, -0.2) is 13.0 Å². The molecule has 23 heavy (non-hydrogen) atoms. The SMILES string of the molecule is COc1cccc(CC(=O)N[C@@H](CC(C)C)c2ccccc2)c1. The summed E-state index contributed by atoms with van der Waals surface area (Å²) in [6.45, 7) is 4.34. The van der Waals surface area contributed by atoms with E-state index in [-0.39, 0.29) is 11.9 Å². The zero-order valence-corrected chi connectivity index (χ0v) is 14.1. The van der Waals surface area contributed by atoms with Gasteiger partial charge in [-0.15, -0.1) is 0 Å². The molecule has 0 aliphatic rings. The average Bonchev–Trinajstić information content (AvgIpc) is 2.54. The van der Waals surface area contributed by atoms with Crippen LogP contribution in [0, 0.1) is 5.92 Å². The van der Waals surface area contributed by atoms with Gasteiger partial charge in [-0.05, 0) is 35.6 Å². The van der Waals surface area contributed by atoms with Crippen molar-refractivity contribution in [1.29, 1.82) is 0 Å². The Morgan fingerprint density at radius 2 is 1.83 bits per heavy atom. The first kappa shape index (κ1) is 17.1. The minimum Gasteiger partial charge on any atom is -0.497 e. The first-order valence-electron chi connectivity index (χ1n) is 8.05. The lowest BCUT2D eigenvalue weighted by Gasteiger charge is -2.21. The molecular formula is C20H25NO2. The fourth-order valence-electron chi connectivity index (χ4n) is 2.65. The molecule has 0 aromatic heterocycles. The highest BCUT2D eigenvalue weighted by Gasteiger charge is 2.16. The Morgan fingerprint density at radius 3 is 2.48 bits per heavy atom. The van der Waals surface area contributed by atoms with Gasteiger partial charge in [0.05, 0.1) is 19.6 Å². The lowest BCUT2D eigenvalue weighted by molar-refractivity contribution is -0.121. The van der Waals surface area contributed by atoms with Gasteiger partial charge >= 0.3 is 0 Å². The molecule has 2 rings (SSSR count). The van der Waals surface area contributed by atoms with Crippen LogP contribution < -0.4 is 10.1 Å². The molecule has 0 unspecified atom stereocenters. The van der Waals surface area contributed by atoms with E-state index in [0.29, 0.717) is 12.3 Å². The molecule has 1 amide bonds. The summed E-state index contributed by atoms with van der Waals surface area (Å²) in [6, 6.07) is 17.8. The van der Waals surface area contributed by atoms with Gasteiger partial charge in [0.25, 0.3) is 0 Å². The topological polar surface area (TPSA) is 38.3 Å². The van der Waals surface area contributed by atoms with E-state index in [1.807, 2.05) is 42.5 Å². The number of carbonyl (C=O) groups is 1. The van der Waals surface area contributed by atoms with Crippen LogP contribution in [-0.2, 0) is 11.2 Å². The summed E-state index contributed by atoms with van der Waals surface area (Å²) in [4.78, 5) is 12.4. The molecule has 0 saturated carbocycles. The van der Waals surface area contributed by atoms with Crippen LogP contribution in [0.2, 0.25) is 0 Å². The Bertz CT molecular complexity index is 623. The molecule has 0 heterocycles. The Balaban J connectivity index is 2.05. The molecule has 2 aromatic carbocycles. The predicted octanol–water partition coefficient (Wildman–Crippen LogP) is 4.14. The standard InChI is InChI=1S/C20H25NO2/c1-15(2)12-19(17-9-5-4-6-10-17)21-20(22)14-16-8-7-11-18(13-16)23-3/h4-11,13,15,19H,12,14H2,1-3H3,(H,21,22)/t19-/m0/s1. The molecule has 3 heteroatoms. The maximum absolute atomic E-state index is 12.4. The summed E-state index contributed by atoms with van der Waals surface area (Å²) in [5.74, 6) is 1.32. The highest BCUT2D eigenvalue weighted by Crippen LogP contribution is 2.21. The largest absolute Gasteiger partial charge is 0.497 e. The lowest BCUT2D eigenvalue weighted by atomic mass is 9.96. The summed E-state index contributed by atoms with van der Waals surface area (Å²) in [6.07, 6.45) is 1.28. The summed E-state index contributed by atoms with van der Waals surface area (Å²) < 4.78 is 5.21. The van der Waals surface area contributed by atoms with E-state index in [2.05, 4.69) is 31.3 Å². The molecule has 0 aliphatic carbocycles. The number of rotatable bonds is 7. The number of methoxy groups -OCH3 is 1. The van der Waals surface area contributed by atoms with Crippen molar-refractivity contribution in [3.05, 3.63) is 65.7 Å². The molecule has 0 aliphatic heterocycles. The molecule has 0 fully saturated rings. The summed E-state index contributed by atoms with van der Waals surface area (Å²) >= 11 is 0. The number of amides is 1. The van der Waals surface area contributed by atoms with Crippen molar-refractivity contribution in [3.8, 4) is 5.75 Å². The molecule has 0 spiro atoms. The number of benzene rings is 2. The van der Waals surface area contributed by atoms with Crippen LogP contribution in [0.3, 0.4) is 0 Å². The normalized spacial score (nSPS) is 12.0. The van der Waals surface area contributed by atoms with E-state index in [4.69, 9.17) is 4.74 Å². The number of ether oxygens (including phenoxy) is 1. The van der Waals surface area contributed by atoms with Crippen LogP contribution >= 0.6 is 0 Å². The van der Waals surface area contributed by atoms with Crippen LogP contribution in [0.4, 0.5) is 0 Å². The zero-order chi connectivity index (χ0) is 16.7. The van der Waals surface area contributed by atoms with Gasteiger partial charge in [0, 0.05) is 0 Å². The zero-order valence-electron chi connectivity index (χ0n) is 14.1. The second-order valence-electron chi connectivity index (χ2n) is 6.19. The van der Waals surface area contributed by atoms with E-state index in [1.54, 1.807) is 7.11 Å². The van der Waals surface area contributed by atoms with E-state index in [9.17, 15) is 4.79 Å². The van der Waals surface area contributed by atoms with Gasteiger partial charge in [-0.25, -0.2) is 0 Å². The highest BCUT2D eigenvalue weighted by atomic mass is 16.5. The molecule has 0 bridgehead atoms. The van der Waals surface area contributed by atoms with Crippen molar-refractivity contribution >= 4 is 5.91 Å². The first-order chi connectivity index (χ1) is 11.1. The van der Waals surface area contributed by atoms with Crippen LogP contribution in [0.25, 0.3) is 0 Å². The van der Waals surface area contributed by atoms with Gasteiger partial charge in [-0.1, -0.05) is 56.3 Å². The van der Waals surface area contributed by atoms with Gasteiger partial charge in [0.15, 0.2) is 0 Å². The van der Waals surface area contributed by atoms with Gasteiger partial charge in [-0.2, -0.15) is 0 Å². The van der Waals surface area contributed by atoms with Crippen molar-refractivity contribution < 1.29 is 9.53 Å². The maximum atomic E-state index is 12.4. The fraction of sp³-hybridized carbons (Fsp3) is 0.350. The molecule has 0 saturated heterocycles. The second kappa shape index (κ2) is 8.37. The maximum Gasteiger partial charge on any atom is 0.224 e. The Morgan fingerprint density at radius 1 is 1.09 bits per heavy atom. The highest BCUT2D eigenvalue weighted by molar-refractivity contribution is 5.79. The Labute approximate surface area is 138 Å². The minimum atomic E-state index is 0.0350. The van der Waals surface area contributed by atoms with E-state index < -0.39 is 0 Å². The molecule has 0 radical (unpaired) electrons. The van der Waals surface area contributed by atoms with Crippen molar-refractivity contribution in [3.63, 3.8) is 0 Å². The van der Waals surface area contributed by atoms with E-state index in [0.717, 1.165) is 23.3 Å². The minimum absolute atomic E-state index is 0.0350. The molecule has 2 aromatic rings. The van der Waals surface area contributed by atoms with E-state index >= 15 is 0 Å². The Hall–Kier alpha value is -2.29. The summed E-state index contributed by atoms with van der Waals surface area (Å²) in [7, 11) is 1.63. The quantitative estimate of drug-likeness (QED) is 0.834. The van der Waals surface area contributed by atoms with Gasteiger partial charge in [-0.3, -0.25) is 4.79 Å². The number of hydrogen-bond acceptors (Lipinski definition) is 2. The van der Waals surface area contributed by atoms with Gasteiger partial charge < -0.3 is 10.1 Å². The summed E-state index contributed by atoms with van der Waals surface area (Å²) in [5, 5.41) is 3.17. The van der Waals surface area contributed by atoms with Crippen LogP contribution in [0.15, 0.2) is 54.6 Å². The summed E-state index contributed by atoms with van der Waals surface area (Å²) in [5.41, 5.74) is 2.11. The van der Waals surface area contributed by atoms with Crippen molar-refractivity contribution in [2.75, 3.05) is 7.11 Å². The molecule has 3 nitrogen and oxygen atoms in total. The monoisotopic (exact) mass is 311 g/mol. The number of carbonyl (C=O) groups excluding carboxylic acids is 1. The Kier molecular flexibility index (Phi) is 6.21. The predicted molar refractivity (Wildman–Crippen MR) is 93.5 cm³/mol. The molecule has 1 N–H and O–H groups in total. The average molecular weight is 311 g/mol. The van der Waals surface area contributed by atoms with Crippen LogP contribution in [0.1, 0.15) is 37.4 Å². The molecule has 122 valence electrons. The third-order valence-electron chi connectivity index (χ3n) is 3.74. The lowest BCUT2D eigenvalue weighted by Crippen LogP contribution is -2.30. The second-order valence-corrected chi connectivity index (χ2v) is 6.19. The van der Waals surface area contributed by atoms with Gasteiger partial charge in [0.2, 0.25) is 5.91 Å². The third kappa shape index (κ3) is 5.44. The molecular weight excluding hydrogens is 286 g/mol. The van der Waals surface area contributed by atoms with Crippen molar-refractivity contribution in [2.24, 2.45) is 5.92 Å². The van der Waals surface area contributed by atoms with Crippen LogP contribution in [0.5, 0.6) is 5.75 Å². The van der Waals surface area contributed by atoms with Crippen molar-refractivity contribution in [2.45, 2.75) is 32.7 Å². The van der Waals surface area contributed by atoms with Gasteiger partial charge in [0.1, 0.15) is 5.75 Å². The number of hydrogen-bond donors (Lipinski definition) is 1. The van der Waals surface area contributed by atoms with Crippen molar-refractivity contribution in [1.82, 2.24) is 5.32 Å². The van der Waals surface area contributed by atoms with E-state index in [1.165, 1.54) is 0 Å². The third-order valence-corrected chi connectivity index (χ3v) is 3.74.